The predicted octanol–water partition coefficient (Wildman–Crippen LogP) is 3.83. The average Bonchev–Trinajstić information content (AvgIpc) is 3.47. The van der Waals surface area contributed by atoms with Gasteiger partial charge in [-0.05, 0) is 62.9 Å². The molecule has 5 nitrogen and oxygen atoms in total. The lowest BCUT2D eigenvalue weighted by molar-refractivity contribution is -0.123. The number of likely N-dealkylation sites (tertiary alicyclic amines) is 1. The van der Waals surface area contributed by atoms with Crippen LogP contribution in [0, 0.1) is 18.3 Å². The van der Waals surface area contributed by atoms with Crippen LogP contribution in [0.1, 0.15) is 36.2 Å². The van der Waals surface area contributed by atoms with E-state index in [4.69, 9.17) is 4.74 Å². The summed E-state index contributed by atoms with van der Waals surface area (Å²) < 4.78 is 5.40. The minimum atomic E-state index is 0.175. The number of piperidine rings is 1. The molecule has 1 spiro atoms. The van der Waals surface area contributed by atoms with Gasteiger partial charge in [0.25, 0.3) is 0 Å². The number of nitrogens with zero attached hydrogens (tertiary/aromatic N) is 2. The Morgan fingerprint density at radius 2 is 2.03 bits per heavy atom. The zero-order valence-corrected chi connectivity index (χ0v) is 17.9. The average molecular weight is 406 g/mol. The van der Waals surface area contributed by atoms with Gasteiger partial charge in [-0.25, -0.2) is 0 Å². The number of methoxy groups -OCH3 is 1. The van der Waals surface area contributed by atoms with Crippen molar-refractivity contribution in [2.75, 3.05) is 26.7 Å². The molecule has 1 aromatic carbocycles. The van der Waals surface area contributed by atoms with Gasteiger partial charge in [0.2, 0.25) is 5.91 Å². The number of aryl methyl sites for hydroxylation is 1. The lowest BCUT2D eigenvalue weighted by atomic mass is 9.90. The molecule has 0 bridgehead atoms. The van der Waals surface area contributed by atoms with Crippen molar-refractivity contribution in [3.8, 4) is 5.75 Å². The lowest BCUT2D eigenvalue weighted by Gasteiger charge is -2.32. The summed E-state index contributed by atoms with van der Waals surface area (Å²) >= 11 is 0. The number of hydrogen-bond donors (Lipinski definition) is 1. The van der Waals surface area contributed by atoms with Crippen LogP contribution in [0.15, 0.2) is 48.5 Å². The van der Waals surface area contributed by atoms with E-state index in [1.54, 1.807) is 7.11 Å². The number of carbonyl (C=O) groups is 1. The van der Waals surface area contributed by atoms with Crippen LogP contribution in [0.25, 0.3) is 6.08 Å². The van der Waals surface area contributed by atoms with E-state index >= 15 is 0 Å². The number of amides is 1. The third-order valence-electron chi connectivity index (χ3n) is 6.55. The fourth-order valence-electron chi connectivity index (χ4n) is 4.58. The predicted molar refractivity (Wildman–Crippen MR) is 119 cm³/mol. The second-order valence-corrected chi connectivity index (χ2v) is 8.55. The van der Waals surface area contributed by atoms with E-state index in [-0.39, 0.29) is 17.2 Å². The van der Waals surface area contributed by atoms with Gasteiger partial charge < -0.3 is 10.1 Å². The highest BCUT2D eigenvalue weighted by molar-refractivity contribution is 5.82. The molecule has 1 aliphatic heterocycles. The van der Waals surface area contributed by atoms with Crippen LogP contribution >= 0.6 is 0 Å². The first-order valence-electron chi connectivity index (χ1n) is 10.8. The second-order valence-electron chi connectivity index (χ2n) is 8.55. The summed E-state index contributed by atoms with van der Waals surface area (Å²) in [6, 6.07) is 14.0. The SMILES string of the molecule is COc1ccccc1/C=C/CN1CCC2(CC1)C[C@@H]2C(=O)NCc1cccc(C)n1. The number of carbonyl (C=O) groups excluding carboxylic acids is 1. The molecule has 2 aliphatic rings. The van der Waals surface area contributed by atoms with Gasteiger partial charge in [0, 0.05) is 23.7 Å². The zero-order chi connectivity index (χ0) is 21.0. The van der Waals surface area contributed by atoms with Crippen molar-refractivity contribution in [1.82, 2.24) is 15.2 Å². The number of nitrogens with one attached hydrogen (secondary N) is 1. The molecule has 1 amide bonds. The Labute approximate surface area is 179 Å². The van der Waals surface area contributed by atoms with Crippen molar-refractivity contribution in [3.63, 3.8) is 0 Å². The van der Waals surface area contributed by atoms with Crippen LogP contribution in [-0.4, -0.2) is 42.5 Å². The first-order valence-corrected chi connectivity index (χ1v) is 10.8. The van der Waals surface area contributed by atoms with Gasteiger partial charge in [0.05, 0.1) is 19.3 Å². The van der Waals surface area contributed by atoms with Gasteiger partial charge in [-0.1, -0.05) is 36.4 Å². The highest BCUT2D eigenvalue weighted by Gasteiger charge is 2.58. The molecule has 1 saturated heterocycles. The number of aromatic nitrogens is 1. The van der Waals surface area contributed by atoms with Crippen LogP contribution in [-0.2, 0) is 11.3 Å². The van der Waals surface area contributed by atoms with Gasteiger partial charge in [0.1, 0.15) is 5.75 Å². The number of benzene rings is 1. The Morgan fingerprint density at radius 3 is 2.80 bits per heavy atom. The maximum Gasteiger partial charge on any atom is 0.224 e. The van der Waals surface area contributed by atoms with Crippen LogP contribution in [0.3, 0.4) is 0 Å². The van der Waals surface area contributed by atoms with Crippen molar-refractivity contribution in [2.45, 2.75) is 32.7 Å². The van der Waals surface area contributed by atoms with Gasteiger partial charge in [-0.2, -0.15) is 0 Å². The van der Waals surface area contributed by atoms with Gasteiger partial charge in [-0.15, -0.1) is 0 Å². The summed E-state index contributed by atoms with van der Waals surface area (Å²) in [5.41, 5.74) is 3.24. The number of pyridine rings is 1. The highest BCUT2D eigenvalue weighted by atomic mass is 16.5. The zero-order valence-electron chi connectivity index (χ0n) is 17.9. The lowest BCUT2D eigenvalue weighted by Crippen LogP contribution is -2.37. The molecule has 5 heteroatoms. The minimum absolute atomic E-state index is 0.175. The van der Waals surface area contributed by atoms with Crippen LogP contribution < -0.4 is 10.1 Å². The minimum Gasteiger partial charge on any atom is -0.496 e. The van der Waals surface area contributed by atoms with E-state index in [0.29, 0.717) is 6.54 Å². The first-order chi connectivity index (χ1) is 14.6. The topological polar surface area (TPSA) is 54.5 Å². The van der Waals surface area contributed by atoms with Gasteiger partial charge in [0.15, 0.2) is 0 Å². The smallest absolute Gasteiger partial charge is 0.224 e. The number of ether oxygens (including phenoxy) is 1. The summed E-state index contributed by atoms with van der Waals surface area (Å²) in [7, 11) is 1.70. The molecule has 4 rings (SSSR count). The molecule has 1 atom stereocenters. The van der Waals surface area contributed by atoms with Crippen molar-refractivity contribution < 1.29 is 9.53 Å². The van der Waals surface area contributed by atoms with Crippen molar-refractivity contribution in [2.24, 2.45) is 11.3 Å². The Balaban J connectivity index is 1.22. The van der Waals surface area contributed by atoms with Crippen LogP contribution in [0.5, 0.6) is 5.75 Å². The molecule has 1 saturated carbocycles. The Hall–Kier alpha value is -2.66. The highest BCUT2D eigenvalue weighted by Crippen LogP contribution is 2.59. The van der Waals surface area contributed by atoms with Crippen LogP contribution in [0.2, 0.25) is 0 Å². The van der Waals surface area contributed by atoms with Crippen molar-refractivity contribution in [1.29, 1.82) is 0 Å². The quantitative estimate of drug-likeness (QED) is 0.761. The number of para-hydroxylation sites is 1. The molecular formula is C25H31N3O2. The number of hydrogen-bond acceptors (Lipinski definition) is 4. The maximum atomic E-state index is 12.6. The van der Waals surface area contributed by atoms with E-state index in [9.17, 15) is 4.79 Å². The van der Waals surface area contributed by atoms with E-state index in [1.165, 1.54) is 0 Å². The molecule has 2 aromatic rings. The van der Waals surface area contributed by atoms with Crippen molar-refractivity contribution in [3.05, 3.63) is 65.5 Å². The fraction of sp³-hybridized carbons (Fsp3) is 0.440. The Morgan fingerprint density at radius 1 is 1.23 bits per heavy atom. The van der Waals surface area contributed by atoms with Crippen molar-refractivity contribution >= 4 is 12.0 Å². The normalized spacial score (nSPS) is 20.4. The number of rotatable bonds is 7. The van der Waals surface area contributed by atoms with Gasteiger partial charge in [-0.3, -0.25) is 14.7 Å². The fourth-order valence-corrected chi connectivity index (χ4v) is 4.58. The molecule has 30 heavy (non-hydrogen) atoms. The molecule has 2 heterocycles. The molecule has 1 aromatic heterocycles. The second kappa shape index (κ2) is 9.00. The molecule has 0 unspecified atom stereocenters. The van der Waals surface area contributed by atoms with E-state index in [0.717, 1.165) is 61.6 Å². The Bertz CT molecular complexity index is 916. The van der Waals surface area contributed by atoms with E-state index < -0.39 is 0 Å². The summed E-state index contributed by atoms with van der Waals surface area (Å²) in [5, 5.41) is 3.10. The Kier molecular flexibility index (Phi) is 6.18. The van der Waals surface area contributed by atoms with Gasteiger partial charge >= 0.3 is 0 Å². The summed E-state index contributed by atoms with van der Waals surface area (Å²) in [5.74, 6) is 1.27. The molecule has 158 valence electrons. The third kappa shape index (κ3) is 4.73. The van der Waals surface area contributed by atoms with E-state index in [1.807, 2.05) is 43.3 Å². The summed E-state index contributed by atoms with van der Waals surface area (Å²) in [6.07, 6.45) is 7.59. The maximum absolute atomic E-state index is 12.6. The molecule has 0 radical (unpaired) electrons. The molecule has 1 N–H and O–H groups in total. The monoisotopic (exact) mass is 405 g/mol. The third-order valence-corrected chi connectivity index (χ3v) is 6.55. The molecule has 1 aliphatic carbocycles. The summed E-state index contributed by atoms with van der Waals surface area (Å²) in [6.45, 7) is 5.54. The molecular weight excluding hydrogens is 374 g/mol. The van der Waals surface area contributed by atoms with E-state index in [2.05, 4.69) is 33.4 Å². The summed E-state index contributed by atoms with van der Waals surface area (Å²) in [4.78, 5) is 19.6. The molecule has 2 fully saturated rings. The standard InChI is InChI=1S/C25H31N3O2/c1-19-7-5-10-21(27-19)18-26-24(29)22-17-25(22)12-15-28(16-13-25)14-6-9-20-8-3-4-11-23(20)30-2/h3-11,22H,12-18H2,1-2H3,(H,26,29)/b9-6+/t22-/m1/s1. The van der Waals surface area contributed by atoms with Crippen LogP contribution in [0.4, 0.5) is 0 Å². The largest absolute Gasteiger partial charge is 0.496 e. The first kappa shape index (κ1) is 20.6.